The summed E-state index contributed by atoms with van der Waals surface area (Å²) in [6, 6.07) is 3.56. The first-order valence-electron chi connectivity index (χ1n) is 4.45. The van der Waals surface area contributed by atoms with Gasteiger partial charge in [-0.3, -0.25) is 0 Å². The predicted molar refractivity (Wildman–Crippen MR) is 57.3 cm³/mol. The molecule has 4 heteroatoms. The highest BCUT2D eigenvalue weighted by Crippen LogP contribution is 2.36. The van der Waals surface area contributed by atoms with Crippen LogP contribution in [0.1, 0.15) is 11.1 Å². The van der Waals surface area contributed by atoms with E-state index in [4.69, 9.17) is 21.4 Å². The summed E-state index contributed by atoms with van der Waals surface area (Å²) in [4.78, 5) is 10.6. The summed E-state index contributed by atoms with van der Waals surface area (Å²) in [6.45, 7) is 2.17. The Morgan fingerprint density at radius 2 is 2.33 bits per heavy atom. The van der Waals surface area contributed by atoms with Crippen molar-refractivity contribution in [2.45, 2.75) is 6.92 Å². The highest BCUT2D eigenvalue weighted by molar-refractivity contribution is 6.31. The van der Waals surface area contributed by atoms with Crippen LogP contribution >= 0.6 is 11.6 Å². The average Bonchev–Trinajstić information content (AvgIpc) is 2.49. The molecule has 3 nitrogen and oxygen atoms in total. The number of rotatable bonds is 1. The van der Waals surface area contributed by atoms with E-state index in [0.29, 0.717) is 23.0 Å². The second-order valence-electron chi connectivity index (χ2n) is 3.39. The van der Waals surface area contributed by atoms with Gasteiger partial charge < -0.3 is 9.84 Å². The number of benzene rings is 1. The average molecular weight is 225 g/mol. The zero-order valence-corrected chi connectivity index (χ0v) is 8.84. The molecule has 1 aromatic rings. The Balaban J connectivity index is 2.51. The fraction of sp³-hybridized carbons (Fsp3) is 0.182. The van der Waals surface area contributed by atoms with Gasteiger partial charge in [-0.25, -0.2) is 4.79 Å². The Labute approximate surface area is 91.9 Å². The van der Waals surface area contributed by atoms with E-state index in [1.165, 1.54) is 0 Å². The van der Waals surface area contributed by atoms with E-state index in [1.54, 1.807) is 6.07 Å². The first-order valence-corrected chi connectivity index (χ1v) is 4.82. The predicted octanol–water partition coefficient (Wildman–Crippen LogP) is 2.51. The van der Waals surface area contributed by atoms with Gasteiger partial charge in [-0.15, -0.1) is 0 Å². The van der Waals surface area contributed by atoms with Crippen LogP contribution in [0.5, 0.6) is 5.75 Å². The summed E-state index contributed by atoms with van der Waals surface area (Å²) in [7, 11) is 0. The summed E-state index contributed by atoms with van der Waals surface area (Å²) >= 11 is 5.96. The Bertz CT molecular complexity index is 463. The Morgan fingerprint density at radius 1 is 1.60 bits per heavy atom. The standard InChI is InChI=1S/C11H9ClO3/c1-6-2-10-8(4-9(6)12)7(5-15-10)3-11(13)14/h2-4H,5H2,1H3,(H,13,14)/b7-3+. The summed E-state index contributed by atoms with van der Waals surface area (Å²) in [5.41, 5.74) is 2.35. The maximum Gasteiger partial charge on any atom is 0.328 e. The Morgan fingerprint density at radius 3 is 3.00 bits per heavy atom. The van der Waals surface area contributed by atoms with Gasteiger partial charge in [0.2, 0.25) is 0 Å². The molecule has 0 bridgehead atoms. The van der Waals surface area contributed by atoms with Crippen molar-refractivity contribution in [3.05, 3.63) is 34.4 Å². The van der Waals surface area contributed by atoms with Crippen molar-refractivity contribution < 1.29 is 14.6 Å². The summed E-state index contributed by atoms with van der Waals surface area (Å²) in [5, 5.41) is 9.28. The molecular weight excluding hydrogens is 216 g/mol. The molecule has 1 N–H and O–H groups in total. The Kier molecular flexibility index (Phi) is 2.40. The van der Waals surface area contributed by atoms with Gasteiger partial charge >= 0.3 is 5.97 Å². The third kappa shape index (κ3) is 1.83. The molecule has 1 aliphatic rings. The molecule has 0 saturated carbocycles. The zero-order valence-electron chi connectivity index (χ0n) is 8.08. The van der Waals surface area contributed by atoms with Crippen molar-refractivity contribution >= 4 is 23.1 Å². The van der Waals surface area contributed by atoms with Crippen LogP contribution < -0.4 is 4.74 Å². The monoisotopic (exact) mass is 224 g/mol. The maximum atomic E-state index is 10.6. The molecule has 0 saturated heterocycles. The molecule has 1 heterocycles. The number of aryl methyl sites for hydroxylation is 1. The molecule has 0 atom stereocenters. The van der Waals surface area contributed by atoms with Gasteiger partial charge in [-0.1, -0.05) is 11.6 Å². The van der Waals surface area contributed by atoms with Gasteiger partial charge in [-0.2, -0.15) is 0 Å². The lowest BCUT2D eigenvalue weighted by Crippen LogP contribution is -1.93. The van der Waals surface area contributed by atoms with Crippen molar-refractivity contribution in [3.8, 4) is 5.75 Å². The first-order chi connectivity index (χ1) is 7.08. The van der Waals surface area contributed by atoms with Gasteiger partial charge in [-0.05, 0) is 24.6 Å². The van der Waals surface area contributed by atoms with E-state index in [2.05, 4.69) is 0 Å². The highest BCUT2D eigenvalue weighted by Gasteiger charge is 2.19. The van der Waals surface area contributed by atoms with E-state index in [1.807, 2.05) is 13.0 Å². The lowest BCUT2D eigenvalue weighted by molar-refractivity contribution is -0.131. The minimum atomic E-state index is -0.974. The van der Waals surface area contributed by atoms with Crippen LogP contribution in [0, 0.1) is 6.92 Å². The number of carboxylic acid groups (broad SMARTS) is 1. The Hall–Kier alpha value is -1.48. The fourth-order valence-electron chi connectivity index (χ4n) is 1.53. The number of carbonyl (C=O) groups is 1. The number of halogens is 1. The lowest BCUT2D eigenvalue weighted by atomic mass is 10.1. The van der Waals surface area contributed by atoms with Crippen molar-refractivity contribution in [1.29, 1.82) is 0 Å². The molecule has 0 fully saturated rings. The second kappa shape index (κ2) is 3.59. The first kappa shape index (κ1) is 10.1. The molecule has 15 heavy (non-hydrogen) atoms. The summed E-state index contributed by atoms with van der Waals surface area (Å²) in [6.07, 6.45) is 1.15. The van der Waals surface area contributed by atoms with E-state index in [9.17, 15) is 4.79 Å². The molecule has 78 valence electrons. The van der Waals surface area contributed by atoms with Crippen LogP contribution in [0.25, 0.3) is 5.57 Å². The van der Waals surface area contributed by atoms with Crippen LogP contribution in [0.4, 0.5) is 0 Å². The van der Waals surface area contributed by atoms with Gasteiger partial charge in [0.25, 0.3) is 0 Å². The topological polar surface area (TPSA) is 46.5 Å². The van der Waals surface area contributed by atoms with Gasteiger partial charge in [0.1, 0.15) is 12.4 Å². The van der Waals surface area contributed by atoms with Crippen molar-refractivity contribution in [3.63, 3.8) is 0 Å². The third-order valence-corrected chi connectivity index (χ3v) is 2.69. The van der Waals surface area contributed by atoms with Gasteiger partial charge in [0, 0.05) is 22.2 Å². The highest BCUT2D eigenvalue weighted by atomic mass is 35.5. The molecule has 1 aliphatic heterocycles. The second-order valence-corrected chi connectivity index (χ2v) is 3.80. The van der Waals surface area contributed by atoms with Gasteiger partial charge in [0.15, 0.2) is 0 Å². The summed E-state index contributed by atoms with van der Waals surface area (Å²) < 4.78 is 5.36. The van der Waals surface area contributed by atoms with Crippen LogP contribution in [-0.4, -0.2) is 17.7 Å². The van der Waals surface area contributed by atoms with Crippen LogP contribution in [-0.2, 0) is 4.79 Å². The fourth-order valence-corrected chi connectivity index (χ4v) is 1.69. The third-order valence-electron chi connectivity index (χ3n) is 2.29. The number of fused-ring (bicyclic) bond motifs is 1. The molecule has 0 radical (unpaired) electrons. The maximum absolute atomic E-state index is 10.6. The number of carboxylic acids is 1. The number of hydrogen-bond donors (Lipinski definition) is 1. The van der Waals surface area contributed by atoms with Crippen molar-refractivity contribution in [2.24, 2.45) is 0 Å². The van der Waals surface area contributed by atoms with Crippen molar-refractivity contribution in [1.82, 2.24) is 0 Å². The quantitative estimate of drug-likeness (QED) is 0.746. The van der Waals surface area contributed by atoms with Crippen LogP contribution in [0.15, 0.2) is 18.2 Å². The van der Waals surface area contributed by atoms with Crippen LogP contribution in [0.2, 0.25) is 5.02 Å². The molecule has 2 rings (SSSR count). The van der Waals surface area contributed by atoms with Crippen molar-refractivity contribution in [2.75, 3.05) is 6.61 Å². The molecule has 0 spiro atoms. The molecular formula is C11H9ClO3. The van der Waals surface area contributed by atoms with Crippen LogP contribution in [0.3, 0.4) is 0 Å². The molecule has 1 aromatic carbocycles. The van der Waals surface area contributed by atoms with E-state index < -0.39 is 5.97 Å². The largest absolute Gasteiger partial charge is 0.488 e. The molecule has 0 unspecified atom stereocenters. The van der Waals surface area contributed by atoms with E-state index >= 15 is 0 Å². The normalized spacial score (nSPS) is 16.3. The smallest absolute Gasteiger partial charge is 0.328 e. The summed E-state index contributed by atoms with van der Waals surface area (Å²) in [5.74, 6) is -0.275. The minimum absolute atomic E-state index is 0.293. The number of hydrogen-bond acceptors (Lipinski definition) is 2. The van der Waals surface area contributed by atoms with E-state index in [-0.39, 0.29) is 0 Å². The molecule has 0 aliphatic carbocycles. The SMILES string of the molecule is Cc1cc2c(cc1Cl)/C(=C/C(=O)O)CO2. The number of aliphatic carboxylic acids is 1. The molecule has 0 amide bonds. The number of ether oxygens (including phenoxy) is 1. The molecule has 0 aromatic heterocycles. The van der Waals surface area contributed by atoms with Gasteiger partial charge in [0.05, 0.1) is 0 Å². The zero-order chi connectivity index (χ0) is 11.0. The minimum Gasteiger partial charge on any atom is -0.488 e. The van der Waals surface area contributed by atoms with E-state index in [0.717, 1.165) is 17.2 Å². The lowest BCUT2D eigenvalue weighted by Gasteiger charge is -2.02.